The van der Waals surface area contributed by atoms with Gasteiger partial charge in [-0.05, 0) is 85.8 Å². The molecule has 11 nitrogen and oxygen atoms in total. The van der Waals surface area contributed by atoms with Crippen LogP contribution in [0.2, 0.25) is 5.15 Å². The second-order valence-corrected chi connectivity index (χ2v) is 14.6. The number of likely N-dealkylation sites (tertiary alicyclic amines) is 1. The number of nitrogens with one attached hydrogen (secondary N) is 2. The molecule has 1 aliphatic rings. The Balaban J connectivity index is 1.02. The Morgan fingerprint density at radius 2 is 1.92 bits per heavy atom. The van der Waals surface area contributed by atoms with Gasteiger partial charge in [0.1, 0.15) is 22.4 Å². The molecule has 0 aliphatic carbocycles. The number of rotatable bonds is 12. The van der Waals surface area contributed by atoms with Crippen molar-refractivity contribution in [3.05, 3.63) is 83.7 Å². The van der Waals surface area contributed by atoms with E-state index < -0.39 is 21.8 Å². The molecular formula is C34H37ClFN7O4S. The number of hydrogen-bond acceptors (Lipinski definition) is 8. The van der Waals surface area contributed by atoms with E-state index in [0.717, 1.165) is 37.1 Å². The van der Waals surface area contributed by atoms with Gasteiger partial charge in [0.2, 0.25) is 10.0 Å². The van der Waals surface area contributed by atoms with E-state index in [2.05, 4.69) is 29.9 Å². The van der Waals surface area contributed by atoms with Crippen molar-refractivity contribution < 1.29 is 22.3 Å². The Bertz CT molecular complexity index is 2010. The van der Waals surface area contributed by atoms with Gasteiger partial charge in [0, 0.05) is 47.9 Å². The molecule has 2 N–H and O–H groups in total. The normalized spacial score (nSPS) is 14.6. The average Bonchev–Trinajstić information content (AvgIpc) is 3.68. The zero-order chi connectivity index (χ0) is 33.8. The lowest BCUT2D eigenvalue weighted by molar-refractivity contribution is 0.0454. The number of aromatic nitrogens is 5. The van der Waals surface area contributed by atoms with E-state index >= 15 is 0 Å². The lowest BCUT2D eigenvalue weighted by Crippen LogP contribution is -2.40. The number of piperidine rings is 1. The number of ether oxygens (including phenoxy) is 1. The van der Waals surface area contributed by atoms with Crippen LogP contribution >= 0.6 is 11.6 Å². The van der Waals surface area contributed by atoms with E-state index in [1.165, 1.54) is 12.1 Å². The maximum Gasteiger partial charge on any atom is 0.355 e. The van der Waals surface area contributed by atoms with Crippen molar-refractivity contribution in [2.75, 3.05) is 32.8 Å². The predicted molar refractivity (Wildman–Crippen MR) is 181 cm³/mol. The van der Waals surface area contributed by atoms with Crippen LogP contribution < -0.4 is 4.72 Å². The monoisotopic (exact) mass is 693 g/mol. The zero-order valence-corrected chi connectivity index (χ0v) is 28.3. The summed E-state index contributed by atoms with van der Waals surface area (Å²) in [6, 6.07) is 14.5. The topological polar surface area (TPSA) is 135 Å². The minimum atomic E-state index is -3.67. The number of nitrogens with zero attached hydrogens (tertiary/aromatic N) is 5. The van der Waals surface area contributed by atoms with Gasteiger partial charge >= 0.3 is 5.97 Å². The van der Waals surface area contributed by atoms with Gasteiger partial charge < -0.3 is 14.6 Å². The van der Waals surface area contributed by atoms with E-state index in [0.29, 0.717) is 52.9 Å². The molecule has 1 saturated heterocycles. The fourth-order valence-corrected chi connectivity index (χ4v) is 7.14. The molecule has 4 heterocycles. The van der Waals surface area contributed by atoms with Crippen LogP contribution in [0, 0.1) is 17.7 Å². The van der Waals surface area contributed by atoms with E-state index in [-0.39, 0.29) is 23.1 Å². The van der Waals surface area contributed by atoms with Crippen LogP contribution in [0.15, 0.2) is 71.9 Å². The largest absolute Gasteiger partial charge is 0.461 e. The van der Waals surface area contributed by atoms with Crippen molar-refractivity contribution in [2.45, 2.75) is 38.1 Å². The summed E-state index contributed by atoms with van der Waals surface area (Å²) in [5.41, 5.74) is 3.29. The van der Waals surface area contributed by atoms with Crippen molar-refractivity contribution in [1.29, 1.82) is 0 Å². The fraction of sp³-hybridized carbons (Fsp3) is 0.353. The van der Waals surface area contributed by atoms with Gasteiger partial charge in [-0.25, -0.2) is 27.3 Å². The van der Waals surface area contributed by atoms with Crippen molar-refractivity contribution in [3.63, 3.8) is 0 Å². The van der Waals surface area contributed by atoms with Gasteiger partial charge in [0.25, 0.3) is 0 Å². The molecule has 6 rings (SSSR count). The summed E-state index contributed by atoms with van der Waals surface area (Å²) in [5.74, 6) is -0.435. The van der Waals surface area contributed by atoms with Gasteiger partial charge in [-0.15, -0.1) is 5.10 Å². The molecule has 3 aromatic heterocycles. The van der Waals surface area contributed by atoms with Crippen LogP contribution in [0.25, 0.3) is 33.3 Å². The summed E-state index contributed by atoms with van der Waals surface area (Å²) < 4.78 is 50.0. The molecule has 5 aromatic rings. The summed E-state index contributed by atoms with van der Waals surface area (Å²) in [4.78, 5) is 22.6. The average molecular weight is 694 g/mol. The van der Waals surface area contributed by atoms with E-state index in [4.69, 9.17) is 16.3 Å². The first kappa shape index (κ1) is 33.7. The number of pyridine rings is 1. The molecule has 0 bridgehead atoms. The van der Waals surface area contributed by atoms with Crippen LogP contribution in [0.4, 0.5) is 4.39 Å². The highest BCUT2D eigenvalue weighted by molar-refractivity contribution is 7.89. The highest BCUT2D eigenvalue weighted by Gasteiger charge is 2.25. The maximum absolute atomic E-state index is 14.2. The minimum absolute atomic E-state index is 0.165. The number of carbonyl (C=O) groups excluding carboxylic acids is 1. The molecule has 252 valence electrons. The lowest BCUT2D eigenvalue weighted by Gasteiger charge is -2.31. The number of esters is 1. The molecule has 0 saturated carbocycles. The van der Waals surface area contributed by atoms with Crippen LogP contribution in [-0.4, -0.2) is 77.0 Å². The second-order valence-electron chi connectivity index (χ2n) is 12.4. The molecule has 2 aromatic carbocycles. The number of benzene rings is 2. The van der Waals surface area contributed by atoms with Crippen LogP contribution in [0.5, 0.6) is 0 Å². The standard InChI is InChI=1S/C34H37ClFN7O4S/c1-22(2)21-47-34(44)32-31(28-18-25(36)7-10-29(28)39-32)30-20-43(41-40-30)19-23-11-15-42(16-12-23)17-14-38-48(45,46)26-8-5-24(6-9-26)27-4-3-13-37-33(27)35/h3-10,13,18,20,22-23,38-39H,11-12,14-17,19,21H2,1-2H3. The fourth-order valence-electron chi connectivity index (χ4n) is 5.89. The van der Waals surface area contributed by atoms with Crippen LogP contribution in [0.1, 0.15) is 37.2 Å². The predicted octanol–water partition coefficient (Wildman–Crippen LogP) is 5.78. The van der Waals surface area contributed by atoms with Crippen molar-refractivity contribution in [3.8, 4) is 22.4 Å². The third-order valence-electron chi connectivity index (χ3n) is 8.41. The SMILES string of the molecule is CC(C)COC(=O)c1[nH]c2ccc(F)cc2c1-c1cn(CC2CCN(CCNS(=O)(=O)c3ccc(-c4cccnc4Cl)cc3)CC2)nn1. The third-order valence-corrected chi connectivity index (χ3v) is 10.2. The molecule has 48 heavy (non-hydrogen) atoms. The molecule has 1 aliphatic heterocycles. The number of halogens is 2. The highest BCUT2D eigenvalue weighted by atomic mass is 35.5. The number of aromatic amines is 1. The zero-order valence-electron chi connectivity index (χ0n) is 26.7. The van der Waals surface area contributed by atoms with E-state index in [1.807, 2.05) is 19.9 Å². The molecular weight excluding hydrogens is 657 g/mol. The number of hydrogen-bond donors (Lipinski definition) is 2. The van der Waals surface area contributed by atoms with Crippen molar-refractivity contribution in [1.82, 2.24) is 34.6 Å². The van der Waals surface area contributed by atoms with Crippen LogP contribution in [-0.2, 0) is 21.3 Å². The summed E-state index contributed by atoms with van der Waals surface area (Å²) in [6.07, 6.45) is 5.20. The highest BCUT2D eigenvalue weighted by Crippen LogP contribution is 2.33. The summed E-state index contributed by atoms with van der Waals surface area (Å²) in [6.45, 7) is 7.33. The van der Waals surface area contributed by atoms with Gasteiger partial charge in [-0.2, -0.15) is 0 Å². The molecule has 0 unspecified atom stereocenters. The van der Waals surface area contributed by atoms with Crippen molar-refractivity contribution >= 4 is 38.5 Å². The molecule has 0 radical (unpaired) electrons. The molecule has 0 amide bonds. The quantitative estimate of drug-likeness (QED) is 0.124. The van der Waals surface area contributed by atoms with Gasteiger partial charge in [-0.1, -0.05) is 42.8 Å². The van der Waals surface area contributed by atoms with Gasteiger partial charge in [0.15, 0.2) is 0 Å². The Morgan fingerprint density at radius 1 is 1.15 bits per heavy atom. The summed E-state index contributed by atoms with van der Waals surface area (Å²) in [7, 11) is -3.67. The molecule has 0 spiro atoms. The van der Waals surface area contributed by atoms with Crippen LogP contribution in [0.3, 0.4) is 0 Å². The smallest absolute Gasteiger partial charge is 0.355 e. The Labute approximate surface area is 283 Å². The number of fused-ring (bicyclic) bond motifs is 1. The molecule has 1 fully saturated rings. The summed E-state index contributed by atoms with van der Waals surface area (Å²) in [5, 5.41) is 9.57. The number of carbonyl (C=O) groups is 1. The summed E-state index contributed by atoms with van der Waals surface area (Å²) >= 11 is 6.17. The molecule has 14 heteroatoms. The molecule has 0 atom stereocenters. The first-order chi connectivity index (χ1) is 23.1. The minimum Gasteiger partial charge on any atom is -0.461 e. The first-order valence-corrected chi connectivity index (χ1v) is 17.8. The first-order valence-electron chi connectivity index (χ1n) is 15.9. The third kappa shape index (κ3) is 7.75. The number of H-pyrrole nitrogens is 1. The Hall–Kier alpha value is -4.17. The van der Waals surface area contributed by atoms with E-state index in [9.17, 15) is 17.6 Å². The van der Waals surface area contributed by atoms with Gasteiger partial charge in [-0.3, -0.25) is 4.68 Å². The van der Waals surface area contributed by atoms with Crippen molar-refractivity contribution in [2.24, 2.45) is 11.8 Å². The maximum atomic E-state index is 14.2. The number of sulfonamides is 1. The Kier molecular flexibility index (Phi) is 10.2. The van der Waals surface area contributed by atoms with Gasteiger partial charge in [0.05, 0.1) is 17.7 Å². The Morgan fingerprint density at radius 3 is 2.65 bits per heavy atom. The van der Waals surface area contributed by atoms with E-state index in [1.54, 1.807) is 53.5 Å². The lowest BCUT2D eigenvalue weighted by atomic mass is 9.97. The second kappa shape index (κ2) is 14.5.